The van der Waals surface area contributed by atoms with Crippen LogP contribution in [0.4, 0.5) is 0 Å². The number of phenolic OH excluding ortho intramolecular Hbond substituents is 1. The predicted molar refractivity (Wildman–Crippen MR) is 86.3 cm³/mol. The Kier molecular flexibility index (Phi) is 4.25. The highest BCUT2D eigenvalue weighted by Gasteiger charge is 2.53. The largest absolute Gasteiger partial charge is 0.507 e. The van der Waals surface area contributed by atoms with Gasteiger partial charge in [0, 0.05) is 24.8 Å². The van der Waals surface area contributed by atoms with E-state index < -0.39 is 35.6 Å². The number of esters is 1. The quantitative estimate of drug-likeness (QED) is 0.690. The SMILES string of the molecule is COc1cc(O)c2c(c1)[C@@H](O)[C@H]1C[C@](C)(O)[C@H](OC(C)=O)C[C@@H]1C2=O. The maximum Gasteiger partial charge on any atom is 0.303 e. The van der Waals surface area contributed by atoms with Gasteiger partial charge in [-0.2, -0.15) is 0 Å². The Hall–Kier alpha value is -2.12. The number of carbonyl (C=O) groups excluding carboxylic acids is 2. The lowest BCUT2D eigenvalue weighted by Gasteiger charge is -2.47. The predicted octanol–water partition coefficient (Wildman–Crippen LogP) is 1.34. The zero-order valence-electron chi connectivity index (χ0n) is 14.4. The highest BCUT2D eigenvalue weighted by molar-refractivity contribution is 6.03. The Balaban J connectivity index is 2.03. The average Bonchev–Trinajstić information content (AvgIpc) is 2.52. The topological polar surface area (TPSA) is 113 Å². The first kappa shape index (κ1) is 17.7. The summed E-state index contributed by atoms with van der Waals surface area (Å²) in [6, 6.07) is 2.85. The maximum atomic E-state index is 12.9. The molecule has 0 saturated heterocycles. The fourth-order valence-corrected chi connectivity index (χ4v) is 4.08. The first-order valence-corrected chi connectivity index (χ1v) is 8.18. The van der Waals surface area contributed by atoms with Crippen molar-refractivity contribution < 1.29 is 34.4 Å². The van der Waals surface area contributed by atoms with E-state index in [0.717, 1.165) is 0 Å². The lowest BCUT2D eigenvalue weighted by molar-refractivity contribution is -0.177. The van der Waals surface area contributed by atoms with Crippen LogP contribution in [0.3, 0.4) is 0 Å². The Morgan fingerprint density at radius 3 is 2.64 bits per heavy atom. The van der Waals surface area contributed by atoms with Crippen molar-refractivity contribution in [1.82, 2.24) is 0 Å². The minimum atomic E-state index is -1.35. The molecule has 2 aliphatic rings. The molecule has 0 unspecified atom stereocenters. The third-order valence-electron chi connectivity index (χ3n) is 5.30. The van der Waals surface area contributed by atoms with E-state index in [1.54, 1.807) is 0 Å². The van der Waals surface area contributed by atoms with Crippen molar-refractivity contribution >= 4 is 11.8 Å². The molecular formula is C18H22O7. The van der Waals surface area contributed by atoms with Crippen LogP contribution >= 0.6 is 0 Å². The summed E-state index contributed by atoms with van der Waals surface area (Å²) in [7, 11) is 1.43. The summed E-state index contributed by atoms with van der Waals surface area (Å²) in [5, 5.41) is 31.7. The number of ether oxygens (including phenoxy) is 2. The van der Waals surface area contributed by atoms with Gasteiger partial charge < -0.3 is 24.8 Å². The smallest absolute Gasteiger partial charge is 0.303 e. The van der Waals surface area contributed by atoms with Gasteiger partial charge in [0.05, 0.1) is 24.4 Å². The molecule has 1 aromatic carbocycles. The minimum Gasteiger partial charge on any atom is -0.507 e. The number of hydrogen-bond acceptors (Lipinski definition) is 7. The van der Waals surface area contributed by atoms with Gasteiger partial charge >= 0.3 is 5.97 Å². The lowest BCUT2D eigenvalue weighted by atomic mass is 9.62. The van der Waals surface area contributed by atoms with E-state index in [1.165, 1.54) is 33.1 Å². The molecule has 0 amide bonds. The second-order valence-corrected chi connectivity index (χ2v) is 7.09. The highest BCUT2D eigenvalue weighted by atomic mass is 16.6. The molecule has 0 aliphatic heterocycles. The highest BCUT2D eigenvalue weighted by Crippen LogP contribution is 2.51. The number of hydrogen-bond donors (Lipinski definition) is 3. The van der Waals surface area contributed by atoms with Gasteiger partial charge in [-0.15, -0.1) is 0 Å². The summed E-state index contributed by atoms with van der Waals surface area (Å²) in [6.07, 6.45) is -1.69. The number of aliphatic hydroxyl groups excluding tert-OH is 1. The normalized spacial score (nSPS) is 34.0. The summed E-state index contributed by atoms with van der Waals surface area (Å²) in [5.74, 6) is -1.96. The van der Waals surface area contributed by atoms with Crippen LogP contribution in [-0.2, 0) is 9.53 Å². The van der Waals surface area contributed by atoms with Crippen molar-refractivity contribution in [3.8, 4) is 11.5 Å². The Morgan fingerprint density at radius 1 is 1.36 bits per heavy atom. The second-order valence-electron chi connectivity index (χ2n) is 7.09. The number of phenols is 1. The molecular weight excluding hydrogens is 328 g/mol. The maximum absolute atomic E-state index is 12.9. The number of aromatic hydroxyl groups is 1. The van der Waals surface area contributed by atoms with Crippen LogP contribution in [0, 0.1) is 11.8 Å². The Labute approximate surface area is 145 Å². The molecule has 25 heavy (non-hydrogen) atoms. The number of benzene rings is 1. The average molecular weight is 350 g/mol. The number of carbonyl (C=O) groups is 2. The van der Waals surface area contributed by atoms with Crippen LogP contribution in [0.1, 0.15) is 48.7 Å². The standard InChI is InChI=1S/C18H22O7/c1-8(19)25-14-6-10-12(7-18(14,2)23)16(21)11-4-9(24-3)5-13(20)15(11)17(10)22/h4-5,10,12,14,16,20-21,23H,6-7H2,1-3H3/t10-,12-,14+,16+,18-/m0/s1. The molecule has 3 N–H and O–H groups in total. The summed E-state index contributed by atoms with van der Waals surface area (Å²) >= 11 is 0. The summed E-state index contributed by atoms with van der Waals surface area (Å²) < 4.78 is 10.3. The van der Waals surface area contributed by atoms with Gasteiger partial charge in [0.2, 0.25) is 0 Å². The second kappa shape index (κ2) is 6.00. The molecule has 5 atom stereocenters. The van der Waals surface area contributed by atoms with Crippen LogP contribution in [0.25, 0.3) is 0 Å². The van der Waals surface area contributed by atoms with E-state index in [4.69, 9.17) is 9.47 Å². The molecule has 2 aliphatic carbocycles. The van der Waals surface area contributed by atoms with E-state index in [-0.39, 0.29) is 29.9 Å². The zero-order chi connectivity index (χ0) is 18.5. The van der Waals surface area contributed by atoms with Gasteiger partial charge in [-0.3, -0.25) is 9.59 Å². The lowest BCUT2D eigenvalue weighted by Crippen LogP contribution is -2.54. The van der Waals surface area contributed by atoms with E-state index in [9.17, 15) is 24.9 Å². The molecule has 1 saturated carbocycles. The zero-order valence-corrected chi connectivity index (χ0v) is 14.4. The number of fused-ring (bicyclic) bond motifs is 2. The number of methoxy groups -OCH3 is 1. The van der Waals surface area contributed by atoms with Crippen LogP contribution in [-0.4, -0.2) is 45.9 Å². The van der Waals surface area contributed by atoms with Crippen LogP contribution in [0.15, 0.2) is 12.1 Å². The van der Waals surface area contributed by atoms with Gasteiger partial charge in [-0.25, -0.2) is 0 Å². The summed E-state index contributed by atoms with van der Waals surface area (Å²) in [4.78, 5) is 24.2. The number of Topliss-reactive ketones (excluding diaryl/α,β-unsaturated/α-hetero) is 1. The first-order valence-electron chi connectivity index (χ1n) is 8.18. The van der Waals surface area contributed by atoms with Crippen molar-refractivity contribution in [2.24, 2.45) is 11.8 Å². The van der Waals surface area contributed by atoms with Crippen molar-refractivity contribution in [2.75, 3.05) is 7.11 Å². The van der Waals surface area contributed by atoms with Gasteiger partial charge in [0.15, 0.2) is 5.78 Å². The van der Waals surface area contributed by atoms with Gasteiger partial charge in [0.25, 0.3) is 0 Å². The Bertz CT molecular complexity index is 724. The molecule has 136 valence electrons. The van der Waals surface area contributed by atoms with Crippen molar-refractivity contribution in [2.45, 2.75) is 44.5 Å². The molecule has 3 rings (SSSR count). The van der Waals surface area contributed by atoms with Crippen LogP contribution in [0.2, 0.25) is 0 Å². The molecule has 7 heteroatoms. The summed E-state index contributed by atoms with van der Waals surface area (Å²) in [5.41, 5.74) is -0.991. The van der Waals surface area contributed by atoms with Crippen molar-refractivity contribution in [3.63, 3.8) is 0 Å². The van der Waals surface area contributed by atoms with Gasteiger partial charge in [-0.1, -0.05) is 0 Å². The molecule has 0 aromatic heterocycles. The molecule has 0 heterocycles. The van der Waals surface area contributed by atoms with Crippen LogP contribution in [0.5, 0.6) is 11.5 Å². The molecule has 1 aromatic rings. The third kappa shape index (κ3) is 2.87. The van der Waals surface area contributed by atoms with Gasteiger partial charge in [0.1, 0.15) is 17.6 Å². The third-order valence-corrected chi connectivity index (χ3v) is 5.30. The fraction of sp³-hybridized carbons (Fsp3) is 0.556. The van der Waals surface area contributed by atoms with E-state index in [2.05, 4.69) is 0 Å². The number of aliphatic hydroxyl groups is 2. The van der Waals surface area contributed by atoms with E-state index >= 15 is 0 Å². The molecule has 0 radical (unpaired) electrons. The molecule has 7 nitrogen and oxygen atoms in total. The van der Waals surface area contributed by atoms with E-state index in [0.29, 0.717) is 11.3 Å². The monoisotopic (exact) mass is 350 g/mol. The van der Waals surface area contributed by atoms with Crippen molar-refractivity contribution in [1.29, 1.82) is 0 Å². The molecule has 1 fully saturated rings. The van der Waals surface area contributed by atoms with Crippen molar-refractivity contribution in [3.05, 3.63) is 23.3 Å². The minimum absolute atomic E-state index is 0.0673. The van der Waals surface area contributed by atoms with Crippen LogP contribution < -0.4 is 4.74 Å². The molecule has 0 spiro atoms. The first-order chi connectivity index (χ1) is 11.7. The Morgan fingerprint density at radius 2 is 2.04 bits per heavy atom. The van der Waals surface area contributed by atoms with E-state index in [1.807, 2.05) is 0 Å². The summed E-state index contributed by atoms with van der Waals surface area (Å²) in [6.45, 7) is 2.78. The van der Waals surface area contributed by atoms with Gasteiger partial charge in [-0.05, 0) is 31.4 Å². The molecule has 0 bridgehead atoms. The fourth-order valence-electron chi connectivity index (χ4n) is 4.08. The number of ketones is 1. The number of rotatable bonds is 2.